The van der Waals surface area contributed by atoms with Crippen LogP contribution < -0.4 is 5.56 Å². The van der Waals surface area contributed by atoms with Crippen LogP contribution in [-0.4, -0.2) is 16.3 Å². The lowest BCUT2D eigenvalue weighted by atomic mass is 9.98. The molecular weight excluding hydrogens is 180 g/mol. The van der Waals surface area contributed by atoms with Gasteiger partial charge in [-0.25, -0.2) is 0 Å². The lowest BCUT2D eigenvalue weighted by Gasteiger charge is -2.27. The predicted octanol–water partition coefficient (Wildman–Crippen LogP) is 1.51. The highest BCUT2D eigenvalue weighted by Crippen LogP contribution is 2.29. The van der Waals surface area contributed by atoms with E-state index in [0.29, 0.717) is 0 Å². The van der Waals surface area contributed by atoms with Gasteiger partial charge in [-0.2, -0.15) is 0 Å². The zero-order valence-corrected chi connectivity index (χ0v) is 8.59. The maximum Gasteiger partial charge on any atom is 0.269 e. The molecule has 1 aliphatic heterocycles. The molecule has 1 aliphatic rings. The molecule has 0 amide bonds. The number of nitrogens with one attached hydrogen (secondary N) is 2. The molecule has 78 valence electrons. The highest BCUT2D eigenvalue weighted by molar-refractivity contribution is 5.22. The molecule has 4 heteroatoms. The Balaban J connectivity index is 2.37. The Hall–Kier alpha value is -1.03. The van der Waals surface area contributed by atoms with Crippen LogP contribution in [0.2, 0.25) is 0 Å². The summed E-state index contributed by atoms with van der Waals surface area (Å²) in [6, 6.07) is 0. The molecule has 0 bridgehead atoms. The zero-order chi connectivity index (χ0) is 10.1. The number of fused-ring (bicyclic) bond motifs is 1. The van der Waals surface area contributed by atoms with Gasteiger partial charge in [0.15, 0.2) is 0 Å². The van der Waals surface area contributed by atoms with Gasteiger partial charge >= 0.3 is 0 Å². The molecule has 0 aromatic carbocycles. The van der Waals surface area contributed by atoms with E-state index in [2.05, 4.69) is 17.1 Å². The standard InChI is InChI=1S/C10H16N2O2/c1-3-6-5-7-9(8(4-2)14-6)10(13)12-11-7/h6,8H,3-5H2,1-2H3,(H2,11,12,13). The molecular formula is C10H16N2O2. The largest absolute Gasteiger partial charge is 0.370 e. The fourth-order valence-electron chi connectivity index (χ4n) is 2.02. The minimum Gasteiger partial charge on any atom is -0.370 e. The molecule has 2 rings (SSSR count). The summed E-state index contributed by atoms with van der Waals surface area (Å²) in [6.07, 6.45) is 2.88. The van der Waals surface area contributed by atoms with Crippen molar-refractivity contribution in [1.29, 1.82) is 0 Å². The predicted molar refractivity (Wildman–Crippen MR) is 53.3 cm³/mol. The number of H-pyrrole nitrogens is 2. The fourth-order valence-corrected chi connectivity index (χ4v) is 2.02. The van der Waals surface area contributed by atoms with Gasteiger partial charge in [-0.05, 0) is 12.8 Å². The molecule has 2 atom stereocenters. The van der Waals surface area contributed by atoms with Crippen LogP contribution in [0.5, 0.6) is 0 Å². The van der Waals surface area contributed by atoms with Gasteiger partial charge in [0.05, 0.1) is 17.8 Å². The molecule has 2 N–H and O–H groups in total. The SMILES string of the molecule is CCC1Cc2[nH][nH]c(=O)c2C(CC)O1. The summed E-state index contributed by atoms with van der Waals surface area (Å²) in [5.41, 5.74) is 1.80. The molecule has 2 unspecified atom stereocenters. The van der Waals surface area contributed by atoms with E-state index in [-0.39, 0.29) is 17.8 Å². The molecule has 0 spiro atoms. The molecule has 0 saturated carbocycles. The first-order valence-corrected chi connectivity index (χ1v) is 5.21. The molecule has 0 aliphatic carbocycles. The normalized spacial score (nSPS) is 26.1. The number of rotatable bonds is 2. The second-order valence-electron chi connectivity index (χ2n) is 3.74. The molecule has 0 saturated heterocycles. The van der Waals surface area contributed by atoms with E-state index in [4.69, 9.17) is 4.74 Å². The number of ether oxygens (including phenoxy) is 1. The highest BCUT2D eigenvalue weighted by atomic mass is 16.5. The van der Waals surface area contributed by atoms with Crippen molar-refractivity contribution in [2.75, 3.05) is 0 Å². The quantitative estimate of drug-likeness (QED) is 0.753. The lowest BCUT2D eigenvalue weighted by Crippen LogP contribution is -2.27. The van der Waals surface area contributed by atoms with Crippen molar-refractivity contribution in [2.24, 2.45) is 0 Å². The van der Waals surface area contributed by atoms with Gasteiger partial charge in [0, 0.05) is 12.1 Å². The summed E-state index contributed by atoms with van der Waals surface area (Å²) in [5, 5.41) is 5.56. The second-order valence-corrected chi connectivity index (χ2v) is 3.74. The van der Waals surface area contributed by atoms with Crippen molar-refractivity contribution in [3.63, 3.8) is 0 Å². The molecule has 1 aromatic heterocycles. The van der Waals surface area contributed by atoms with Crippen molar-refractivity contribution < 1.29 is 4.74 Å². The second kappa shape index (κ2) is 3.61. The van der Waals surface area contributed by atoms with Crippen molar-refractivity contribution in [1.82, 2.24) is 10.2 Å². The number of aromatic amines is 2. The van der Waals surface area contributed by atoms with Crippen LogP contribution in [0.4, 0.5) is 0 Å². The smallest absolute Gasteiger partial charge is 0.269 e. The summed E-state index contributed by atoms with van der Waals surface area (Å²) in [4.78, 5) is 11.5. The van der Waals surface area contributed by atoms with Crippen LogP contribution in [0.25, 0.3) is 0 Å². The van der Waals surface area contributed by atoms with E-state index in [1.165, 1.54) is 0 Å². The Bertz CT molecular complexity index is 366. The van der Waals surface area contributed by atoms with Crippen LogP contribution in [0.3, 0.4) is 0 Å². The average Bonchev–Trinajstić information content (AvgIpc) is 2.59. The van der Waals surface area contributed by atoms with E-state index in [1.807, 2.05) is 6.92 Å². The minimum atomic E-state index is -0.0290. The van der Waals surface area contributed by atoms with E-state index in [0.717, 1.165) is 30.5 Å². The van der Waals surface area contributed by atoms with E-state index in [9.17, 15) is 4.79 Å². The average molecular weight is 196 g/mol. The number of hydrogen-bond acceptors (Lipinski definition) is 2. The van der Waals surface area contributed by atoms with E-state index >= 15 is 0 Å². The van der Waals surface area contributed by atoms with Crippen LogP contribution >= 0.6 is 0 Å². The Morgan fingerprint density at radius 3 is 2.79 bits per heavy atom. The first kappa shape index (κ1) is 9.52. The van der Waals surface area contributed by atoms with Gasteiger partial charge in [-0.1, -0.05) is 13.8 Å². The minimum absolute atomic E-state index is 0.0265. The van der Waals surface area contributed by atoms with Gasteiger partial charge < -0.3 is 9.84 Å². The highest BCUT2D eigenvalue weighted by Gasteiger charge is 2.29. The number of hydrogen-bond donors (Lipinski definition) is 2. The maximum absolute atomic E-state index is 11.5. The summed E-state index contributed by atoms with van der Waals surface area (Å²) >= 11 is 0. The van der Waals surface area contributed by atoms with Crippen LogP contribution in [0.15, 0.2) is 4.79 Å². The Morgan fingerprint density at radius 2 is 2.14 bits per heavy atom. The molecule has 0 radical (unpaired) electrons. The third kappa shape index (κ3) is 1.39. The maximum atomic E-state index is 11.5. The van der Waals surface area contributed by atoms with Crippen LogP contribution in [0, 0.1) is 0 Å². The van der Waals surface area contributed by atoms with Crippen molar-refractivity contribution in [3.8, 4) is 0 Å². The summed E-state index contributed by atoms with van der Waals surface area (Å²) in [5.74, 6) is 0. The van der Waals surface area contributed by atoms with Crippen LogP contribution in [0.1, 0.15) is 44.1 Å². The van der Waals surface area contributed by atoms with Crippen molar-refractivity contribution >= 4 is 0 Å². The van der Waals surface area contributed by atoms with Gasteiger partial charge in [-0.3, -0.25) is 9.89 Å². The topological polar surface area (TPSA) is 57.9 Å². The van der Waals surface area contributed by atoms with Crippen LogP contribution in [-0.2, 0) is 11.2 Å². The fraction of sp³-hybridized carbons (Fsp3) is 0.700. The molecule has 14 heavy (non-hydrogen) atoms. The molecule has 2 heterocycles. The van der Waals surface area contributed by atoms with Gasteiger partial charge in [0.25, 0.3) is 5.56 Å². The first-order valence-electron chi connectivity index (χ1n) is 5.21. The van der Waals surface area contributed by atoms with Gasteiger partial charge in [0.1, 0.15) is 0 Å². The van der Waals surface area contributed by atoms with Gasteiger partial charge in [0.2, 0.25) is 0 Å². The third-order valence-corrected chi connectivity index (χ3v) is 2.83. The van der Waals surface area contributed by atoms with E-state index < -0.39 is 0 Å². The summed E-state index contributed by atoms with van der Waals surface area (Å²) in [7, 11) is 0. The molecule has 1 aromatic rings. The van der Waals surface area contributed by atoms with Gasteiger partial charge in [-0.15, -0.1) is 0 Å². The van der Waals surface area contributed by atoms with E-state index in [1.54, 1.807) is 0 Å². The summed E-state index contributed by atoms with van der Waals surface area (Å²) < 4.78 is 5.81. The summed E-state index contributed by atoms with van der Waals surface area (Å²) in [6.45, 7) is 4.14. The lowest BCUT2D eigenvalue weighted by molar-refractivity contribution is -0.0298. The molecule has 0 fully saturated rings. The zero-order valence-electron chi connectivity index (χ0n) is 8.59. The third-order valence-electron chi connectivity index (χ3n) is 2.83. The monoisotopic (exact) mass is 196 g/mol. The Labute approximate surface area is 82.7 Å². The Kier molecular flexibility index (Phi) is 2.46. The first-order chi connectivity index (χ1) is 6.76. The van der Waals surface area contributed by atoms with Crippen molar-refractivity contribution in [3.05, 3.63) is 21.6 Å². The Morgan fingerprint density at radius 1 is 1.36 bits per heavy atom. The van der Waals surface area contributed by atoms with Crippen molar-refractivity contribution in [2.45, 2.75) is 45.3 Å². The molecule has 4 nitrogen and oxygen atoms in total. The number of aromatic nitrogens is 2.